The van der Waals surface area contributed by atoms with E-state index in [4.69, 9.17) is 4.74 Å². The van der Waals surface area contributed by atoms with Gasteiger partial charge in [-0.1, -0.05) is 46.3 Å². The van der Waals surface area contributed by atoms with Crippen molar-refractivity contribution >= 4 is 15.9 Å². The fourth-order valence-corrected chi connectivity index (χ4v) is 2.35. The SMILES string of the molecule is COCc1ccc(C(O)Cc2ccc(Br)cc2F)cc1. The molecule has 20 heavy (non-hydrogen) atoms. The largest absolute Gasteiger partial charge is 0.388 e. The van der Waals surface area contributed by atoms with E-state index in [9.17, 15) is 9.50 Å². The van der Waals surface area contributed by atoms with Crippen molar-refractivity contribution in [2.75, 3.05) is 7.11 Å². The topological polar surface area (TPSA) is 29.5 Å². The van der Waals surface area contributed by atoms with Gasteiger partial charge in [0.25, 0.3) is 0 Å². The number of aliphatic hydroxyl groups excluding tert-OH is 1. The number of aliphatic hydroxyl groups is 1. The summed E-state index contributed by atoms with van der Waals surface area (Å²) >= 11 is 3.22. The number of methoxy groups -OCH3 is 1. The molecule has 0 aromatic heterocycles. The van der Waals surface area contributed by atoms with Gasteiger partial charge in [-0.3, -0.25) is 0 Å². The normalized spacial score (nSPS) is 12.4. The summed E-state index contributed by atoms with van der Waals surface area (Å²) in [6, 6.07) is 12.4. The molecule has 1 unspecified atom stereocenters. The Bertz CT molecular complexity index is 569. The number of rotatable bonds is 5. The summed E-state index contributed by atoms with van der Waals surface area (Å²) in [5.41, 5.74) is 2.31. The van der Waals surface area contributed by atoms with E-state index in [1.165, 1.54) is 6.07 Å². The lowest BCUT2D eigenvalue weighted by Gasteiger charge is -2.12. The summed E-state index contributed by atoms with van der Waals surface area (Å²) in [4.78, 5) is 0. The third-order valence-corrected chi connectivity index (χ3v) is 3.60. The zero-order valence-electron chi connectivity index (χ0n) is 11.1. The van der Waals surface area contributed by atoms with Gasteiger partial charge in [-0.25, -0.2) is 4.39 Å². The molecule has 2 aromatic rings. The number of hydrogen-bond acceptors (Lipinski definition) is 2. The maximum atomic E-state index is 13.7. The fourth-order valence-electron chi connectivity index (χ4n) is 2.02. The van der Waals surface area contributed by atoms with E-state index in [1.807, 2.05) is 24.3 Å². The van der Waals surface area contributed by atoms with Crippen LogP contribution in [0.1, 0.15) is 22.8 Å². The Morgan fingerprint density at radius 1 is 1.20 bits per heavy atom. The smallest absolute Gasteiger partial charge is 0.127 e. The van der Waals surface area contributed by atoms with Crippen LogP contribution in [-0.4, -0.2) is 12.2 Å². The van der Waals surface area contributed by atoms with Crippen LogP contribution in [0.4, 0.5) is 4.39 Å². The quantitative estimate of drug-likeness (QED) is 0.892. The van der Waals surface area contributed by atoms with Gasteiger partial charge < -0.3 is 9.84 Å². The Morgan fingerprint density at radius 2 is 1.90 bits per heavy atom. The molecular weight excluding hydrogens is 323 g/mol. The van der Waals surface area contributed by atoms with E-state index < -0.39 is 6.10 Å². The number of halogens is 2. The molecule has 2 rings (SSSR count). The van der Waals surface area contributed by atoms with Crippen LogP contribution in [-0.2, 0) is 17.8 Å². The summed E-state index contributed by atoms with van der Waals surface area (Å²) < 4.78 is 19.5. The molecule has 0 saturated heterocycles. The molecule has 0 bridgehead atoms. The van der Waals surface area contributed by atoms with Crippen LogP contribution in [0, 0.1) is 5.82 Å². The Hall–Kier alpha value is -1.23. The second-order valence-corrected chi connectivity index (χ2v) is 5.55. The van der Waals surface area contributed by atoms with E-state index in [-0.39, 0.29) is 12.2 Å². The molecule has 0 spiro atoms. The molecule has 0 aliphatic rings. The summed E-state index contributed by atoms with van der Waals surface area (Å²) in [5.74, 6) is -0.311. The molecule has 106 valence electrons. The zero-order chi connectivity index (χ0) is 14.5. The monoisotopic (exact) mass is 338 g/mol. The lowest BCUT2D eigenvalue weighted by atomic mass is 10.00. The maximum Gasteiger partial charge on any atom is 0.127 e. The van der Waals surface area contributed by atoms with E-state index in [0.717, 1.165) is 11.1 Å². The molecule has 0 aliphatic heterocycles. The Kier molecular flexibility index (Phi) is 5.29. The second kappa shape index (κ2) is 6.97. The molecule has 1 atom stereocenters. The number of ether oxygens (including phenoxy) is 1. The highest BCUT2D eigenvalue weighted by Gasteiger charge is 2.12. The summed E-state index contributed by atoms with van der Waals surface area (Å²) in [5, 5.41) is 10.2. The summed E-state index contributed by atoms with van der Waals surface area (Å²) in [7, 11) is 1.64. The molecule has 1 N–H and O–H groups in total. The van der Waals surface area contributed by atoms with E-state index >= 15 is 0 Å². The van der Waals surface area contributed by atoms with Crippen LogP contribution in [0.5, 0.6) is 0 Å². The van der Waals surface area contributed by atoms with Crippen molar-refractivity contribution in [3.8, 4) is 0 Å². The molecular formula is C16H16BrFO2. The van der Waals surface area contributed by atoms with Gasteiger partial charge in [-0.2, -0.15) is 0 Å². The molecule has 2 aromatic carbocycles. The van der Waals surface area contributed by atoms with Crippen molar-refractivity contribution < 1.29 is 14.2 Å². The third kappa shape index (κ3) is 3.88. The van der Waals surface area contributed by atoms with Crippen molar-refractivity contribution in [2.24, 2.45) is 0 Å². The van der Waals surface area contributed by atoms with Crippen molar-refractivity contribution in [1.82, 2.24) is 0 Å². The first-order valence-electron chi connectivity index (χ1n) is 6.30. The predicted octanol–water partition coefficient (Wildman–Crippen LogP) is 4.01. The van der Waals surface area contributed by atoms with Crippen LogP contribution >= 0.6 is 15.9 Å². The van der Waals surface area contributed by atoms with E-state index in [2.05, 4.69) is 15.9 Å². The van der Waals surface area contributed by atoms with Crippen LogP contribution in [0.15, 0.2) is 46.9 Å². The predicted molar refractivity (Wildman–Crippen MR) is 79.9 cm³/mol. The molecule has 0 amide bonds. The van der Waals surface area contributed by atoms with E-state index in [0.29, 0.717) is 16.6 Å². The van der Waals surface area contributed by atoms with Crippen LogP contribution in [0.3, 0.4) is 0 Å². The van der Waals surface area contributed by atoms with Crippen LogP contribution < -0.4 is 0 Å². The summed E-state index contributed by atoms with van der Waals surface area (Å²) in [6.45, 7) is 0.539. The highest BCUT2D eigenvalue weighted by Crippen LogP contribution is 2.22. The highest BCUT2D eigenvalue weighted by atomic mass is 79.9. The fraction of sp³-hybridized carbons (Fsp3) is 0.250. The van der Waals surface area contributed by atoms with Crippen molar-refractivity contribution in [2.45, 2.75) is 19.1 Å². The van der Waals surface area contributed by atoms with Gasteiger partial charge >= 0.3 is 0 Å². The molecule has 0 radical (unpaired) electrons. The van der Waals surface area contributed by atoms with Crippen molar-refractivity contribution in [3.63, 3.8) is 0 Å². The first-order chi connectivity index (χ1) is 9.60. The molecule has 0 aliphatic carbocycles. The molecule has 4 heteroatoms. The van der Waals surface area contributed by atoms with Gasteiger partial charge in [0.05, 0.1) is 12.7 Å². The summed E-state index contributed by atoms with van der Waals surface area (Å²) in [6.07, 6.45) is -0.467. The van der Waals surface area contributed by atoms with Gasteiger partial charge in [0.1, 0.15) is 5.82 Å². The zero-order valence-corrected chi connectivity index (χ0v) is 12.7. The van der Waals surface area contributed by atoms with Gasteiger partial charge in [0.2, 0.25) is 0 Å². The highest BCUT2D eigenvalue weighted by molar-refractivity contribution is 9.10. The Labute approximate surface area is 126 Å². The average molecular weight is 339 g/mol. The Balaban J connectivity index is 2.09. The minimum Gasteiger partial charge on any atom is -0.388 e. The third-order valence-electron chi connectivity index (χ3n) is 3.10. The molecule has 0 fully saturated rings. The van der Waals surface area contributed by atoms with E-state index in [1.54, 1.807) is 19.2 Å². The van der Waals surface area contributed by atoms with Gasteiger partial charge in [0, 0.05) is 18.0 Å². The van der Waals surface area contributed by atoms with Gasteiger partial charge in [-0.15, -0.1) is 0 Å². The minimum absolute atomic E-state index is 0.253. The van der Waals surface area contributed by atoms with Gasteiger partial charge in [0.15, 0.2) is 0 Å². The lowest BCUT2D eigenvalue weighted by molar-refractivity contribution is 0.176. The average Bonchev–Trinajstić information content (AvgIpc) is 2.43. The van der Waals surface area contributed by atoms with Gasteiger partial charge in [-0.05, 0) is 28.8 Å². The number of hydrogen-bond donors (Lipinski definition) is 1. The van der Waals surface area contributed by atoms with Crippen LogP contribution in [0.25, 0.3) is 0 Å². The standard InChI is InChI=1S/C16H16BrFO2/c1-20-10-11-2-4-12(5-3-11)16(19)8-13-6-7-14(17)9-15(13)18/h2-7,9,16,19H,8,10H2,1H3. The Morgan fingerprint density at radius 3 is 2.50 bits per heavy atom. The lowest BCUT2D eigenvalue weighted by Crippen LogP contribution is -2.04. The first-order valence-corrected chi connectivity index (χ1v) is 7.09. The van der Waals surface area contributed by atoms with Crippen molar-refractivity contribution in [3.05, 3.63) is 69.4 Å². The minimum atomic E-state index is -0.720. The first kappa shape index (κ1) is 15.2. The van der Waals surface area contributed by atoms with Crippen LogP contribution in [0.2, 0.25) is 0 Å². The molecule has 0 saturated carbocycles. The molecule has 2 nitrogen and oxygen atoms in total. The second-order valence-electron chi connectivity index (χ2n) is 4.63. The maximum absolute atomic E-state index is 13.7. The molecule has 0 heterocycles. The van der Waals surface area contributed by atoms with Crippen molar-refractivity contribution in [1.29, 1.82) is 0 Å². The number of benzene rings is 2.